The Balaban J connectivity index is 2.09. The molecule has 21 heavy (non-hydrogen) atoms. The fraction of sp³-hybridized carbons (Fsp3) is 0.412. The number of rotatable bonds is 5. The second-order valence-electron chi connectivity index (χ2n) is 6.08. The normalized spacial score (nSPS) is 13.0. The van der Waals surface area contributed by atoms with Crippen molar-refractivity contribution in [1.82, 2.24) is 9.97 Å². The highest BCUT2D eigenvalue weighted by molar-refractivity contribution is 5.26. The third kappa shape index (κ3) is 4.26. The van der Waals surface area contributed by atoms with Crippen LogP contribution in [-0.4, -0.2) is 17.1 Å². The monoisotopic (exact) mass is 286 g/mol. The van der Waals surface area contributed by atoms with Crippen molar-refractivity contribution in [3.8, 4) is 5.75 Å². The van der Waals surface area contributed by atoms with Crippen LogP contribution in [0.5, 0.6) is 5.75 Å². The summed E-state index contributed by atoms with van der Waals surface area (Å²) in [5, 5.41) is 0. The molecule has 1 atom stereocenters. The predicted molar refractivity (Wildman–Crippen MR) is 82.0 cm³/mol. The number of benzene rings is 1. The van der Waals surface area contributed by atoms with Crippen LogP contribution in [0.4, 0.5) is 0 Å². The molecule has 0 amide bonds. The Labute approximate surface area is 126 Å². The predicted octanol–water partition coefficient (Wildman–Crippen LogP) is 3.79. The van der Waals surface area contributed by atoms with Gasteiger partial charge in [0.25, 0.3) is 0 Å². The van der Waals surface area contributed by atoms with E-state index in [1.807, 2.05) is 36.7 Å². The van der Waals surface area contributed by atoms with Crippen molar-refractivity contribution in [3.05, 3.63) is 54.1 Å². The summed E-state index contributed by atoms with van der Waals surface area (Å²) in [5.74, 6) is 0.850. The van der Waals surface area contributed by atoms with Crippen LogP contribution in [0.3, 0.4) is 0 Å². The standard InChI is InChI=1S/C17H22N2O2/c1-17(2,3)16(14-9-18-12-19-10-14)21-11-13-5-7-15(20-4)8-6-13/h5-10,12,16H,11H2,1-4H3. The fourth-order valence-corrected chi connectivity index (χ4v) is 2.19. The van der Waals surface area contributed by atoms with Crippen LogP contribution >= 0.6 is 0 Å². The highest BCUT2D eigenvalue weighted by atomic mass is 16.5. The minimum Gasteiger partial charge on any atom is -0.497 e. The molecule has 0 fully saturated rings. The molecule has 4 heteroatoms. The maximum atomic E-state index is 6.13. The Morgan fingerprint density at radius 1 is 1.05 bits per heavy atom. The first kappa shape index (κ1) is 15.4. The van der Waals surface area contributed by atoms with Gasteiger partial charge in [-0.3, -0.25) is 0 Å². The third-order valence-electron chi connectivity index (χ3n) is 3.25. The Kier molecular flexibility index (Phi) is 4.91. The van der Waals surface area contributed by atoms with E-state index in [9.17, 15) is 0 Å². The highest BCUT2D eigenvalue weighted by Gasteiger charge is 2.27. The second-order valence-corrected chi connectivity index (χ2v) is 6.08. The molecule has 0 bridgehead atoms. The van der Waals surface area contributed by atoms with Crippen molar-refractivity contribution in [1.29, 1.82) is 0 Å². The molecule has 2 rings (SSSR count). The molecule has 0 aliphatic carbocycles. The van der Waals surface area contributed by atoms with Gasteiger partial charge in [0.15, 0.2) is 0 Å². The quantitative estimate of drug-likeness (QED) is 0.839. The molecule has 4 nitrogen and oxygen atoms in total. The summed E-state index contributed by atoms with van der Waals surface area (Å²) in [6, 6.07) is 7.91. The average Bonchev–Trinajstić information content (AvgIpc) is 2.48. The van der Waals surface area contributed by atoms with E-state index in [-0.39, 0.29) is 11.5 Å². The van der Waals surface area contributed by atoms with E-state index < -0.39 is 0 Å². The van der Waals surface area contributed by atoms with Crippen LogP contribution in [0.15, 0.2) is 43.0 Å². The Bertz CT molecular complexity index is 547. The van der Waals surface area contributed by atoms with Crippen LogP contribution in [0.25, 0.3) is 0 Å². The zero-order valence-corrected chi connectivity index (χ0v) is 13.0. The van der Waals surface area contributed by atoms with Crippen LogP contribution in [0, 0.1) is 5.41 Å². The summed E-state index contributed by atoms with van der Waals surface area (Å²) in [5.41, 5.74) is 2.08. The molecular formula is C17H22N2O2. The zero-order chi connectivity index (χ0) is 15.3. The number of hydrogen-bond acceptors (Lipinski definition) is 4. The number of nitrogens with zero attached hydrogens (tertiary/aromatic N) is 2. The maximum absolute atomic E-state index is 6.13. The number of ether oxygens (including phenoxy) is 2. The van der Waals surface area contributed by atoms with E-state index in [2.05, 4.69) is 30.7 Å². The average molecular weight is 286 g/mol. The zero-order valence-electron chi connectivity index (χ0n) is 13.0. The summed E-state index contributed by atoms with van der Waals surface area (Å²) < 4.78 is 11.3. The molecule has 1 unspecified atom stereocenters. The van der Waals surface area contributed by atoms with E-state index >= 15 is 0 Å². The summed E-state index contributed by atoms with van der Waals surface area (Å²) in [6.45, 7) is 7.00. The van der Waals surface area contributed by atoms with Crippen LogP contribution in [0.2, 0.25) is 0 Å². The van der Waals surface area contributed by atoms with E-state index in [0.717, 1.165) is 16.9 Å². The molecule has 0 N–H and O–H groups in total. The van der Waals surface area contributed by atoms with E-state index in [4.69, 9.17) is 9.47 Å². The lowest BCUT2D eigenvalue weighted by Gasteiger charge is -2.30. The topological polar surface area (TPSA) is 44.2 Å². The van der Waals surface area contributed by atoms with Crippen molar-refractivity contribution in [2.24, 2.45) is 5.41 Å². The maximum Gasteiger partial charge on any atom is 0.118 e. The molecule has 0 radical (unpaired) electrons. The number of methoxy groups -OCH3 is 1. The van der Waals surface area contributed by atoms with E-state index in [1.54, 1.807) is 7.11 Å². The van der Waals surface area contributed by atoms with Crippen molar-refractivity contribution < 1.29 is 9.47 Å². The minimum absolute atomic E-state index is 0.0306. The van der Waals surface area contributed by atoms with Crippen LogP contribution < -0.4 is 4.74 Å². The first-order valence-electron chi connectivity index (χ1n) is 7.00. The smallest absolute Gasteiger partial charge is 0.118 e. The largest absolute Gasteiger partial charge is 0.497 e. The Hall–Kier alpha value is -1.94. The van der Waals surface area contributed by atoms with Crippen LogP contribution in [0.1, 0.15) is 38.0 Å². The van der Waals surface area contributed by atoms with Gasteiger partial charge in [0.05, 0.1) is 19.8 Å². The van der Waals surface area contributed by atoms with Gasteiger partial charge in [0, 0.05) is 18.0 Å². The molecular weight excluding hydrogens is 264 g/mol. The first-order chi connectivity index (χ1) is 10.0. The highest BCUT2D eigenvalue weighted by Crippen LogP contribution is 2.36. The number of aromatic nitrogens is 2. The Morgan fingerprint density at radius 2 is 1.67 bits per heavy atom. The van der Waals surface area contributed by atoms with Gasteiger partial charge in [-0.15, -0.1) is 0 Å². The second kappa shape index (κ2) is 6.68. The van der Waals surface area contributed by atoms with E-state index in [1.165, 1.54) is 6.33 Å². The molecule has 1 heterocycles. The van der Waals surface area contributed by atoms with Gasteiger partial charge in [-0.05, 0) is 23.1 Å². The molecule has 0 aliphatic heterocycles. The van der Waals surface area contributed by atoms with Crippen molar-refractivity contribution in [2.45, 2.75) is 33.5 Å². The van der Waals surface area contributed by atoms with Crippen LogP contribution in [-0.2, 0) is 11.3 Å². The van der Waals surface area contributed by atoms with Gasteiger partial charge in [-0.25, -0.2) is 9.97 Å². The van der Waals surface area contributed by atoms with Crippen molar-refractivity contribution in [2.75, 3.05) is 7.11 Å². The molecule has 112 valence electrons. The molecule has 0 saturated heterocycles. The molecule has 0 aliphatic rings. The lowest BCUT2D eigenvalue weighted by Crippen LogP contribution is -2.21. The lowest BCUT2D eigenvalue weighted by molar-refractivity contribution is -0.0308. The van der Waals surface area contributed by atoms with E-state index in [0.29, 0.717) is 6.61 Å². The molecule has 1 aromatic heterocycles. The van der Waals surface area contributed by atoms with Gasteiger partial charge < -0.3 is 9.47 Å². The van der Waals surface area contributed by atoms with Gasteiger partial charge >= 0.3 is 0 Å². The van der Waals surface area contributed by atoms with Gasteiger partial charge in [-0.1, -0.05) is 32.9 Å². The van der Waals surface area contributed by atoms with Gasteiger partial charge in [0.1, 0.15) is 12.1 Å². The molecule has 0 spiro atoms. The summed E-state index contributed by atoms with van der Waals surface area (Å²) in [4.78, 5) is 8.18. The summed E-state index contributed by atoms with van der Waals surface area (Å²) in [7, 11) is 1.66. The third-order valence-corrected chi connectivity index (χ3v) is 3.25. The van der Waals surface area contributed by atoms with Crippen molar-refractivity contribution >= 4 is 0 Å². The lowest BCUT2D eigenvalue weighted by atomic mass is 9.85. The van der Waals surface area contributed by atoms with Gasteiger partial charge in [-0.2, -0.15) is 0 Å². The van der Waals surface area contributed by atoms with Gasteiger partial charge in [0.2, 0.25) is 0 Å². The molecule has 2 aromatic rings. The summed E-state index contributed by atoms with van der Waals surface area (Å²) >= 11 is 0. The number of hydrogen-bond donors (Lipinski definition) is 0. The van der Waals surface area contributed by atoms with Crippen molar-refractivity contribution in [3.63, 3.8) is 0 Å². The first-order valence-corrected chi connectivity index (χ1v) is 7.00. The SMILES string of the molecule is COc1ccc(COC(c2cncnc2)C(C)(C)C)cc1. The molecule has 0 saturated carbocycles. The Morgan fingerprint density at radius 3 is 2.19 bits per heavy atom. The minimum atomic E-state index is -0.0548. The fourth-order valence-electron chi connectivity index (χ4n) is 2.19. The molecule has 1 aromatic carbocycles. The summed E-state index contributed by atoms with van der Waals surface area (Å²) in [6.07, 6.45) is 5.11.